The lowest BCUT2D eigenvalue weighted by atomic mass is 9.97. The van der Waals surface area contributed by atoms with Gasteiger partial charge in [0.25, 0.3) is 0 Å². The van der Waals surface area contributed by atoms with E-state index < -0.39 is 0 Å². The smallest absolute Gasteiger partial charge is 0.0510 e. The van der Waals surface area contributed by atoms with Crippen LogP contribution in [0.15, 0.2) is 0 Å². The highest BCUT2D eigenvalue weighted by Crippen LogP contribution is 2.18. The van der Waals surface area contributed by atoms with Gasteiger partial charge in [-0.3, -0.25) is 0 Å². The number of hydrogen-bond donors (Lipinski definition) is 1. The Morgan fingerprint density at radius 2 is 2.36 bits per heavy atom. The molecule has 0 amide bonds. The minimum absolute atomic E-state index is 0.564. The molecule has 2 atom stereocenters. The summed E-state index contributed by atoms with van der Waals surface area (Å²) in [7, 11) is 2.03. The summed E-state index contributed by atoms with van der Waals surface area (Å²) in [5.41, 5.74) is 0. The Morgan fingerprint density at radius 1 is 1.50 bits per heavy atom. The molecule has 3 nitrogen and oxygen atoms in total. The molecule has 1 rings (SSSR count). The van der Waals surface area contributed by atoms with Crippen LogP contribution >= 0.6 is 0 Å². The van der Waals surface area contributed by atoms with Crippen LogP contribution in [0.25, 0.3) is 0 Å². The minimum Gasteiger partial charge on any atom is -0.381 e. The van der Waals surface area contributed by atoms with Crippen LogP contribution in [0.1, 0.15) is 26.2 Å². The van der Waals surface area contributed by atoms with Gasteiger partial charge in [0.05, 0.1) is 6.61 Å². The molecule has 0 spiro atoms. The lowest BCUT2D eigenvalue weighted by molar-refractivity contribution is 0.114. The summed E-state index contributed by atoms with van der Waals surface area (Å²) in [5, 5.41) is 3.36. The molecule has 14 heavy (non-hydrogen) atoms. The van der Waals surface area contributed by atoms with Crippen molar-refractivity contribution in [3.8, 4) is 0 Å². The highest BCUT2D eigenvalue weighted by molar-refractivity contribution is 4.77. The minimum atomic E-state index is 0.564. The van der Waals surface area contributed by atoms with Crippen LogP contribution in [0.3, 0.4) is 0 Å². The van der Waals surface area contributed by atoms with Crippen molar-refractivity contribution in [2.45, 2.75) is 32.2 Å². The van der Waals surface area contributed by atoms with Crippen LogP contribution in [0.2, 0.25) is 0 Å². The quantitative estimate of drug-likeness (QED) is 0.632. The molecule has 0 aliphatic carbocycles. The van der Waals surface area contributed by atoms with Crippen molar-refractivity contribution in [3.63, 3.8) is 0 Å². The van der Waals surface area contributed by atoms with Crippen LogP contribution in [-0.2, 0) is 9.47 Å². The molecule has 1 saturated heterocycles. The summed E-state index contributed by atoms with van der Waals surface area (Å²) in [6.07, 6.45) is 3.40. The summed E-state index contributed by atoms with van der Waals surface area (Å²) >= 11 is 0. The Morgan fingerprint density at radius 3 is 2.93 bits per heavy atom. The topological polar surface area (TPSA) is 30.5 Å². The van der Waals surface area contributed by atoms with Gasteiger partial charge in [0, 0.05) is 25.9 Å². The van der Waals surface area contributed by atoms with Gasteiger partial charge >= 0.3 is 0 Å². The monoisotopic (exact) mass is 201 g/mol. The van der Waals surface area contributed by atoms with Crippen molar-refractivity contribution >= 4 is 0 Å². The molecule has 0 aromatic rings. The van der Waals surface area contributed by atoms with Crippen LogP contribution in [0, 0.1) is 5.92 Å². The third kappa shape index (κ3) is 3.95. The highest BCUT2D eigenvalue weighted by atomic mass is 16.5. The zero-order valence-corrected chi connectivity index (χ0v) is 9.42. The first-order valence-electron chi connectivity index (χ1n) is 5.71. The van der Waals surface area contributed by atoms with E-state index in [9.17, 15) is 0 Å². The van der Waals surface area contributed by atoms with Crippen LogP contribution in [0.5, 0.6) is 0 Å². The first kappa shape index (κ1) is 12.0. The van der Waals surface area contributed by atoms with Gasteiger partial charge in [0.15, 0.2) is 0 Å². The van der Waals surface area contributed by atoms with Crippen molar-refractivity contribution < 1.29 is 9.47 Å². The maximum Gasteiger partial charge on any atom is 0.0510 e. The second kappa shape index (κ2) is 7.21. The predicted octanol–water partition coefficient (Wildman–Crippen LogP) is 1.43. The van der Waals surface area contributed by atoms with Gasteiger partial charge in [-0.1, -0.05) is 6.92 Å². The second-order valence-corrected chi connectivity index (χ2v) is 3.92. The SMILES string of the molecule is CCCOCCC(NC)C1CCOC1. The summed E-state index contributed by atoms with van der Waals surface area (Å²) < 4.78 is 10.9. The van der Waals surface area contributed by atoms with Crippen molar-refractivity contribution in [1.29, 1.82) is 0 Å². The summed E-state index contributed by atoms with van der Waals surface area (Å²) in [6, 6.07) is 0.564. The first-order valence-corrected chi connectivity index (χ1v) is 5.71. The van der Waals surface area contributed by atoms with Gasteiger partial charge < -0.3 is 14.8 Å². The molecule has 0 radical (unpaired) electrons. The van der Waals surface area contributed by atoms with E-state index in [1.165, 1.54) is 6.42 Å². The van der Waals surface area contributed by atoms with E-state index in [1.54, 1.807) is 0 Å². The summed E-state index contributed by atoms with van der Waals surface area (Å²) in [5.74, 6) is 0.685. The molecule has 0 aromatic carbocycles. The number of rotatable bonds is 7. The van der Waals surface area contributed by atoms with Gasteiger partial charge in [-0.15, -0.1) is 0 Å². The van der Waals surface area contributed by atoms with Crippen LogP contribution < -0.4 is 5.32 Å². The number of hydrogen-bond acceptors (Lipinski definition) is 3. The number of ether oxygens (including phenoxy) is 2. The fourth-order valence-electron chi connectivity index (χ4n) is 1.94. The average molecular weight is 201 g/mol. The van der Waals surface area contributed by atoms with E-state index >= 15 is 0 Å². The van der Waals surface area contributed by atoms with Gasteiger partial charge in [-0.2, -0.15) is 0 Å². The fraction of sp³-hybridized carbons (Fsp3) is 1.00. The Labute approximate surface area is 87.2 Å². The molecule has 0 aromatic heterocycles. The summed E-state index contributed by atoms with van der Waals surface area (Å²) in [6.45, 7) is 5.74. The average Bonchev–Trinajstić information content (AvgIpc) is 2.71. The summed E-state index contributed by atoms with van der Waals surface area (Å²) in [4.78, 5) is 0. The highest BCUT2D eigenvalue weighted by Gasteiger charge is 2.23. The number of nitrogens with one attached hydrogen (secondary N) is 1. The largest absolute Gasteiger partial charge is 0.381 e. The molecule has 1 fully saturated rings. The zero-order valence-electron chi connectivity index (χ0n) is 9.42. The van der Waals surface area contributed by atoms with E-state index in [1.807, 2.05) is 7.05 Å². The molecule has 2 unspecified atom stereocenters. The molecule has 84 valence electrons. The Bertz CT molecular complexity index is 135. The maximum absolute atomic E-state index is 5.49. The van der Waals surface area contributed by atoms with Gasteiger partial charge in [0.1, 0.15) is 0 Å². The molecule has 1 aliphatic rings. The fourth-order valence-corrected chi connectivity index (χ4v) is 1.94. The van der Waals surface area contributed by atoms with Crippen molar-refractivity contribution in [1.82, 2.24) is 5.32 Å². The van der Waals surface area contributed by atoms with Gasteiger partial charge in [-0.05, 0) is 32.2 Å². The Balaban J connectivity index is 2.11. The van der Waals surface area contributed by atoms with E-state index in [-0.39, 0.29) is 0 Å². The standard InChI is InChI=1S/C11H23NO2/c1-3-6-13-8-5-11(12-2)10-4-7-14-9-10/h10-12H,3-9H2,1-2H3. The van der Waals surface area contributed by atoms with Crippen LogP contribution in [-0.4, -0.2) is 39.5 Å². The Kier molecular flexibility index (Phi) is 6.15. The van der Waals surface area contributed by atoms with E-state index in [4.69, 9.17) is 9.47 Å². The van der Waals surface area contributed by atoms with Crippen molar-refractivity contribution in [2.75, 3.05) is 33.5 Å². The van der Waals surface area contributed by atoms with Gasteiger partial charge in [-0.25, -0.2) is 0 Å². The van der Waals surface area contributed by atoms with Gasteiger partial charge in [0.2, 0.25) is 0 Å². The lowest BCUT2D eigenvalue weighted by Crippen LogP contribution is -2.35. The Hall–Kier alpha value is -0.120. The third-order valence-electron chi connectivity index (χ3n) is 2.83. The molecule has 3 heteroatoms. The second-order valence-electron chi connectivity index (χ2n) is 3.92. The molecule has 1 heterocycles. The molecule has 1 N–H and O–H groups in total. The van der Waals surface area contributed by atoms with Crippen LogP contribution in [0.4, 0.5) is 0 Å². The first-order chi connectivity index (χ1) is 6.88. The van der Waals surface area contributed by atoms with E-state index in [2.05, 4.69) is 12.2 Å². The molecule has 1 aliphatic heterocycles. The van der Waals surface area contributed by atoms with Crippen molar-refractivity contribution in [2.24, 2.45) is 5.92 Å². The molecular weight excluding hydrogens is 178 g/mol. The van der Waals surface area contributed by atoms with Crippen molar-refractivity contribution in [3.05, 3.63) is 0 Å². The van der Waals surface area contributed by atoms with E-state index in [0.717, 1.165) is 39.3 Å². The zero-order chi connectivity index (χ0) is 10.2. The van der Waals surface area contributed by atoms with E-state index in [0.29, 0.717) is 12.0 Å². The maximum atomic E-state index is 5.49. The predicted molar refractivity (Wildman–Crippen MR) is 57.5 cm³/mol. The molecule has 0 saturated carbocycles. The third-order valence-corrected chi connectivity index (χ3v) is 2.83. The lowest BCUT2D eigenvalue weighted by Gasteiger charge is -2.21. The normalized spacial score (nSPS) is 24.0. The molecular formula is C11H23NO2. The molecule has 0 bridgehead atoms.